The zero-order valence-corrected chi connectivity index (χ0v) is 12.3. The van der Waals surface area contributed by atoms with E-state index in [9.17, 15) is 0 Å². The Balaban J connectivity index is 1.84. The van der Waals surface area contributed by atoms with Crippen LogP contribution < -0.4 is 0 Å². The third-order valence-corrected chi connectivity index (χ3v) is 3.74. The van der Waals surface area contributed by atoms with E-state index in [0.29, 0.717) is 0 Å². The predicted octanol–water partition coefficient (Wildman–Crippen LogP) is 3.90. The molecule has 1 aromatic carbocycles. The highest BCUT2D eigenvalue weighted by atomic mass is 16.5. The molecule has 5 nitrogen and oxygen atoms in total. The van der Waals surface area contributed by atoms with Gasteiger partial charge in [-0.05, 0) is 31.5 Å². The molecule has 5 heteroatoms. The van der Waals surface area contributed by atoms with Crippen LogP contribution in [0.5, 0.6) is 0 Å². The van der Waals surface area contributed by atoms with Crippen molar-refractivity contribution in [1.82, 2.24) is 20.1 Å². The molecule has 4 rings (SSSR count). The second kappa shape index (κ2) is 4.80. The molecule has 0 spiro atoms. The molecule has 0 bridgehead atoms. The molecule has 0 atom stereocenters. The van der Waals surface area contributed by atoms with Gasteiger partial charge < -0.3 is 9.51 Å². The molecule has 3 aromatic heterocycles. The minimum absolute atomic E-state index is 0.797. The van der Waals surface area contributed by atoms with Gasteiger partial charge in [0, 0.05) is 17.3 Å². The summed E-state index contributed by atoms with van der Waals surface area (Å²) in [5.74, 6) is 0.821. The van der Waals surface area contributed by atoms with Crippen molar-refractivity contribution in [3.8, 4) is 22.4 Å². The Morgan fingerprint density at radius 2 is 1.95 bits per heavy atom. The van der Waals surface area contributed by atoms with E-state index in [1.165, 1.54) is 0 Å². The summed E-state index contributed by atoms with van der Waals surface area (Å²) in [6, 6.07) is 10.1. The SMILES string of the molecule is Cc1noc(C)c1-c1cccc(-c2cnc3[nH]ccc3n2)c1. The maximum absolute atomic E-state index is 5.26. The van der Waals surface area contributed by atoms with E-state index in [1.807, 2.05) is 38.2 Å². The second-order valence-corrected chi connectivity index (χ2v) is 5.25. The lowest BCUT2D eigenvalue weighted by Gasteiger charge is -2.05. The fourth-order valence-corrected chi connectivity index (χ4v) is 2.70. The van der Waals surface area contributed by atoms with E-state index >= 15 is 0 Å². The molecule has 0 radical (unpaired) electrons. The smallest absolute Gasteiger partial charge is 0.156 e. The van der Waals surface area contributed by atoms with Crippen LogP contribution in [0.25, 0.3) is 33.5 Å². The Labute approximate surface area is 127 Å². The van der Waals surface area contributed by atoms with E-state index in [2.05, 4.69) is 32.2 Å². The fourth-order valence-electron chi connectivity index (χ4n) is 2.70. The van der Waals surface area contributed by atoms with Crippen LogP contribution in [0.1, 0.15) is 11.5 Å². The summed E-state index contributed by atoms with van der Waals surface area (Å²) >= 11 is 0. The number of hydrogen-bond donors (Lipinski definition) is 1. The summed E-state index contributed by atoms with van der Waals surface area (Å²) in [5.41, 5.74) is 6.53. The largest absolute Gasteiger partial charge is 0.361 e. The van der Waals surface area contributed by atoms with Crippen LogP contribution in [0, 0.1) is 13.8 Å². The van der Waals surface area contributed by atoms with Crippen molar-refractivity contribution in [3.05, 3.63) is 54.2 Å². The van der Waals surface area contributed by atoms with Gasteiger partial charge in [-0.25, -0.2) is 9.97 Å². The van der Waals surface area contributed by atoms with Gasteiger partial charge in [0.15, 0.2) is 5.65 Å². The van der Waals surface area contributed by atoms with Crippen molar-refractivity contribution >= 4 is 11.2 Å². The Morgan fingerprint density at radius 1 is 1.09 bits per heavy atom. The molecule has 0 saturated heterocycles. The molecule has 0 aliphatic heterocycles. The van der Waals surface area contributed by atoms with E-state index in [0.717, 1.165) is 45.0 Å². The normalized spacial score (nSPS) is 11.2. The first kappa shape index (κ1) is 12.8. The first-order valence-electron chi connectivity index (χ1n) is 7.06. The molecule has 4 aromatic rings. The summed E-state index contributed by atoms with van der Waals surface area (Å²) in [6.07, 6.45) is 3.63. The minimum atomic E-state index is 0.797. The van der Waals surface area contributed by atoms with Gasteiger partial charge in [0.2, 0.25) is 0 Å². The van der Waals surface area contributed by atoms with Gasteiger partial charge >= 0.3 is 0 Å². The van der Waals surface area contributed by atoms with Gasteiger partial charge in [0.25, 0.3) is 0 Å². The van der Waals surface area contributed by atoms with E-state index < -0.39 is 0 Å². The van der Waals surface area contributed by atoms with Crippen molar-refractivity contribution < 1.29 is 4.52 Å². The van der Waals surface area contributed by atoms with Crippen molar-refractivity contribution in [2.24, 2.45) is 0 Å². The van der Waals surface area contributed by atoms with E-state index in [1.54, 1.807) is 6.20 Å². The van der Waals surface area contributed by atoms with E-state index in [4.69, 9.17) is 4.52 Å². The first-order valence-corrected chi connectivity index (χ1v) is 7.06. The maximum Gasteiger partial charge on any atom is 0.156 e. The highest BCUT2D eigenvalue weighted by Crippen LogP contribution is 2.30. The Bertz CT molecular complexity index is 948. The number of aromatic amines is 1. The molecule has 108 valence electrons. The topological polar surface area (TPSA) is 67.6 Å². The van der Waals surface area contributed by atoms with Crippen LogP contribution in [-0.4, -0.2) is 20.1 Å². The predicted molar refractivity (Wildman–Crippen MR) is 84.3 cm³/mol. The molecule has 0 amide bonds. The van der Waals surface area contributed by atoms with Crippen LogP contribution in [0.15, 0.2) is 47.2 Å². The van der Waals surface area contributed by atoms with Gasteiger partial charge in [0.05, 0.1) is 17.6 Å². The third-order valence-electron chi connectivity index (χ3n) is 3.74. The summed E-state index contributed by atoms with van der Waals surface area (Å²) in [6.45, 7) is 3.87. The zero-order chi connectivity index (χ0) is 15.1. The van der Waals surface area contributed by atoms with Crippen molar-refractivity contribution in [1.29, 1.82) is 0 Å². The summed E-state index contributed by atoms with van der Waals surface area (Å²) in [4.78, 5) is 12.1. The Kier molecular flexibility index (Phi) is 2.79. The molecule has 0 fully saturated rings. The average molecular weight is 290 g/mol. The highest BCUT2D eigenvalue weighted by molar-refractivity contribution is 5.77. The summed E-state index contributed by atoms with van der Waals surface area (Å²) < 4.78 is 5.26. The first-order chi connectivity index (χ1) is 10.7. The van der Waals surface area contributed by atoms with Crippen molar-refractivity contribution in [2.75, 3.05) is 0 Å². The lowest BCUT2D eigenvalue weighted by molar-refractivity contribution is 0.393. The molecular formula is C17H14N4O. The van der Waals surface area contributed by atoms with Crippen molar-refractivity contribution in [3.63, 3.8) is 0 Å². The molecule has 1 N–H and O–H groups in total. The second-order valence-electron chi connectivity index (χ2n) is 5.25. The molecule has 0 aliphatic carbocycles. The number of rotatable bonds is 2. The van der Waals surface area contributed by atoms with Crippen LogP contribution >= 0.6 is 0 Å². The monoisotopic (exact) mass is 290 g/mol. The third kappa shape index (κ3) is 1.98. The van der Waals surface area contributed by atoms with Crippen LogP contribution in [-0.2, 0) is 0 Å². The molecule has 0 aliphatic rings. The maximum atomic E-state index is 5.26. The molecule has 22 heavy (non-hydrogen) atoms. The molecule has 0 saturated carbocycles. The number of nitrogens with one attached hydrogen (secondary N) is 1. The average Bonchev–Trinajstić information content (AvgIpc) is 3.13. The van der Waals surface area contributed by atoms with Gasteiger partial charge in [-0.1, -0.05) is 23.4 Å². The lowest BCUT2D eigenvalue weighted by Crippen LogP contribution is -1.88. The van der Waals surface area contributed by atoms with Crippen molar-refractivity contribution in [2.45, 2.75) is 13.8 Å². The number of aryl methyl sites for hydroxylation is 2. The van der Waals surface area contributed by atoms with Gasteiger partial charge in [-0.3, -0.25) is 0 Å². The van der Waals surface area contributed by atoms with Gasteiger partial charge in [-0.2, -0.15) is 0 Å². The lowest BCUT2D eigenvalue weighted by atomic mass is 10.0. The van der Waals surface area contributed by atoms with Gasteiger partial charge in [0.1, 0.15) is 11.3 Å². The summed E-state index contributed by atoms with van der Waals surface area (Å²) in [5, 5.41) is 4.02. The number of hydrogen-bond acceptors (Lipinski definition) is 4. The van der Waals surface area contributed by atoms with Gasteiger partial charge in [-0.15, -0.1) is 0 Å². The fraction of sp³-hybridized carbons (Fsp3) is 0.118. The number of fused-ring (bicyclic) bond motifs is 1. The zero-order valence-electron chi connectivity index (χ0n) is 12.3. The quantitative estimate of drug-likeness (QED) is 0.608. The van der Waals surface area contributed by atoms with Crippen LogP contribution in [0.3, 0.4) is 0 Å². The summed E-state index contributed by atoms with van der Waals surface area (Å²) in [7, 11) is 0. The Hall–Kier alpha value is -2.95. The number of H-pyrrole nitrogens is 1. The number of aromatic nitrogens is 4. The van der Waals surface area contributed by atoms with Crippen LogP contribution in [0.4, 0.5) is 0 Å². The molecule has 0 unspecified atom stereocenters. The van der Waals surface area contributed by atoms with Crippen LogP contribution in [0.2, 0.25) is 0 Å². The molecule has 3 heterocycles. The van der Waals surface area contributed by atoms with E-state index in [-0.39, 0.29) is 0 Å². The minimum Gasteiger partial charge on any atom is -0.361 e. The Morgan fingerprint density at radius 3 is 2.77 bits per heavy atom. The standard InChI is InChI=1S/C17H14N4O/c1-10-16(11(2)22-21-10)13-5-3-4-12(8-13)15-9-19-17-14(20-15)6-7-18-17/h3-9H,1-2H3,(H,18,19). The highest BCUT2D eigenvalue weighted by Gasteiger charge is 2.12. The number of benzene rings is 1. The number of nitrogens with zero attached hydrogens (tertiary/aromatic N) is 3. The molecular weight excluding hydrogens is 276 g/mol.